The molecule has 0 amide bonds. The van der Waals surface area contributed by atoms with Gasteiger partial charge in [-0.25, -0.2) is 0 Å². The monoisotopic (exact) mass is 836 g/mol. The van der Waals surface area contributed by atoms with Crippen molar-refractivity contribution in [2.75, 3.05) is 0 Å². The van der Waals surface area contributed by atoms with E-state index in [-0.39, 0.29) is 140 Å². The maximum Gasteiger partial charge on any atom is 0.489 e. The summed E-state index contributed by atoms with van der Waals surface area (Å²) in [6.45, 7) is 44.1. The Kier molecular flexibility index (Phi) is 35.5. The molecule has 0 spiro atoms. The first-order valence-corrected chi connectivity index (χ1v) is 14.3. The Bertz CT molecular complexity index is 781. The van der Waals surface area contributed by atoms with E-state index in [0.29, 0.717) is 24.2 Å². The van der Waals surface area contributed by atoms with Crippen molar-refractivity contribution >= 4 is 21.9 Å². The van der Waals surface area contributed by atoms with Gasteiger partial charge in [-0.15, -0.1) is 25.5 Å². The van der Waals surface area contributed by atoms with Crippen LogP contribution in [0.25, 0.3) is 0 Å². The van der Waals surface area contributed by atoms with Gasteiger partial charge in [0.2, 0.25) is 0 Å². The van der Waals surface area contributed by atoms with E-state index in [1.807, 2.05) is 48.5 Å². The first kappa shape index (κ1) is 55.7. The molecule has 2 fully saturated rings. The fourth-order valence-electron chi connectivity index (χ4n) is 3.20. The number of rotatable bonds is 10. The van der Waals surface area contributed by atoms with Gasteiger partial charge in [0.25, 0.3) is 0 Å². The molecule has 244 valence electrons. The van der Waals surface area contributed by atoms with E-state index >= 15 is 0 Å². The maximum atomic E-state index is 8.65. The Morgan fingerprint density at radius 1 is 0.841 bits per heavy atom. The van der Waals surface area contributed by atoms with Gasteiger partial charge >= 0.3 is 21.9 Å². The van der Waals surface area contributed by atoms with Crippen LogP contribution in [0.2, 0.25) is 0 Å². The van der Waals surface area contributed by atoms with Crippen molar-refractivity contribution in [3.63, 3.8) is 0 Å². The number of terminal acetylenes is 1. The largest absolute Gasteiger partial charge is 0.489 e. The zero-order chi connectivity index (χ0) is 32.6. The van der Waals surface area contributed by atoms with Crippen LogP contribution in [0.4, 0.5) is 0 Å². The first-order valence-electron chi connectivity index (χ1n) is 14.3. The van der Waals surface area contributed by atoms with E-state index in [2.05, 4.69) is 60.6 Å². The fraction of sp³-hybridized carbons (Fsp3) is 0.625. The van der Waals surface area contributed by atoms with Crippen LogP contribution in [0.1, 0.15) is 87.0 Å². The molecule has 0 aromatic heterocycles. The molecule has 2 heterocycles. The van der Waals surface area contributed by atoms with Gasteiger partial charge in [0, 0.05) is 98.1 Å². The molecule has 2 aliphatic rings. The third-order valence-corrected chi connectivity index (χ3v) is 7.86. The minimum Gasteiger partial charge on any atom is -0.423 e. The van der Waals surface area contributed by atoms with Crippen LogP contribution in [0.15, 0.2) is 24.1 Å². The van der Waals surface area contributed by atoms with Gasteiger partial charge in [-0.05, 0) is 65.3 Å². The second-order valence-electron chi connectivity index (χ2n) is 11.7. The molecular weight excluding hydrogens is 780 g/mol. The number of allylic oxidation sites excluding steroid dienone is 2. The zero-order valence-corrected chi connectivity index (χ0v) is 37.3. The molecule has 2 aliphatic heterocycles. The summed E-state index contributed by atoms with van der Waals surface area (Å²) in [5, 5.41) is 17.3. The van der Waals surface area contributed by atoms with Crippen LogP contribution in [0.5, 0.6) is 0 Å². The van der Waals surface area contributed by atoms with Crippen molar-refractivity contribution in [1.29, 1.82) is 0 Å². The van der Waals surface area contributed by atoms with E-state index in [9.17, 15) is 0 Å². The van der Waals surface area contributed by atoms with Crippen molar-refractivity contribution in [3.8, 4) is 12.3 Å². The first-order chi connectivity index (χ1) is 18.9. The summed E-state index contributed by atoms with van der Waals surface area (Å²) in [5.41, 5.74) is 0.767. The summed E-state index contributed by atoms with van der Waals surface area (Å²) in [7, 11) is -0.294. The molecule has 2 N–H and O–H groups in total. The smallest absolute Gasteiger partial charge is 0.423 e. The van der Waals surface area contributed by atoms with E-state index in [1.54, 1.807) is 0 Å². The minimum atomic E-state index is -1.42. The zero-order valence-electron chi connectivity index (χ0n) is 28.8. The van der Waals surface area contributed by atoms with Gasteiger partial charge in [-0.2, -0.15) is 38.5 Å². The van der Waals surface area contributed by atoms with Crippen molar-refractivity contribution in [2.45, 2.75) is 110 Å². The van der Waals surface area contributed by atoms with Crippen molar-refractivity contribution < 1.29 is 127 Å². The Balaban J connectivity index is -0.000000156. The Hall–Kier alpha value is 2.31. The predicted octanol–water partition coefficient (Wildman–Crippen LogP) is 6.27. The molecule has 2 rings (SSSR count). The second-order valence-corrected chi connectivity index (χ2v) is 11.7. The van der Waals surface area contributed by atoms with Gasteiger partial charge in [0.1, 0.15) is 0 Å². The van der Waals surface area contributed by atoms with Gasteiger partial charge in [-0.3, -0.25) is 0 Å². The number of hydrogen-bond donors (Lipinski definition) is 2. The third-order valence-electron chi connectivity index (χ3n) is 7.86. The third kappa shape index (κ3) is 20.1. The normalized spacial score (nSPS) is 18.3. The fourth-order valence-corrected chi connectivity index (χ4v) is 3.20. The molecule has 0 saturated carbocycles. The van der Waals surface area contributed by atoms with Crippen LogP contribution in [0, 0.1) is 71.6 Å². The van der Waals surface area contributed by atoms with E-state index in [0.717, 1.165) is 31.2 Å². The summed E-state index contributed by atoms with van der Waals surface area (Å²) >= 11 is 0. The molecule has 6 nitrogen and oxygen atoms in total. The van der Waals surface area contributed by atoms with Crippen molar-refractivity contribution in [1.82, 2.24) is 0 Å². The van der Waals surface area contributed by atoms with Crippen molar-refractivity contribution in [3.05, 3.63) is 65.6 Å². The topological polar surface area (TPSA) is 77.4 Å². The van der Waals surface area contributed by atoms with E-state index < -0.39 is 7.12 Å². The van der Waals surface area contributed by atoms with Crippen LogP contribution < -0.4 is 0 Å². The summed E-state index contributed by atoms with van der Waals surface area (Å²) in [6, 6.07) is 0. The summed E-state index contributed by atoms with van der Waals surface area (Å²) in [6.07, 6.45) is 9.57. The molecule has 0 aliphatic carbocycles. The van der Waals surface area contributed by atoms with Crippen LogP contribution in [-0.2, 0) is 117 Å². The van der Waals surface area contributed by atoms with Crippen molar-refractivity contribution in [2.24, 2.45) is 17.8 Å². The minimum absolute atomic E-state index is 0. The second kappa shape index (κ2) is 28.1. The maximum absolute atomic E-state index is 8.65. The van der Waals surface area contributed by atoms with E-state index in [1.165, 1.54) is 7.69 Å². The summed E-state index contributed by atoms with van der Waals surface area (Å²) in [4.78, 5) is 0. The van der Waals surface area contributed by atoms with Crippen LogP contribution in [0.3, 0.4) is 0 Å². The quantitative estimate of drug-likeness (QED) is 0.154. The standard InChI is InChI=1S/C12H21BO2.C7H13BO2.C7H10.C6H12BO2.3Y/c1-7-11(8-2)9(3)13-14-10(4)12(5,6)15-13;1-4-7(5-2)6(3)8(9)10;1-4-7(5-2)6-3;1-5(2)6(3,4)9-7-8-5;;;/h10-11H,1-3,7-8H2,4-6H3;7,9-10H,1-5H2;1,7H,2-3,5-6H2;1-4H3;;;/q3*-2;;;;. The van der Waals surface area contributed by atoms with Crippen LogP contribution >= 0.6 is 0 Å². The van der Waals surface area contributed by atoms with Crippen LogP contribution in [-0.4, -0.2) is 54.9 Å². The molecule has 12 heteroatoms. The van der Waals surface area contributed by atoms with E-state index in [4.69, 9.17) is 35.1 Å². The Labute approximate surface area is 350 Å². The van der Waals surface area contributed by atoms with Gasteiger partial charge in [0.15, 0.2) is 0 Å². The average molecular weight is 836 g/mol. The molecule has 1 unspecified atom stereocenters. The Morgan fingerprint density at radius 2 is 1.23 bits per heavy atom. The molecule has 44 heavy (non-hydrogen) atoms. The molecule has 1 atom stereocenters. The molecule has 4 radical (unpaired) electrons. The van der Waals surface area contributed by atoms with Gasteiger partial charge in [0.05, 0.1) is 22.9 Å². The molecular formula is C32H56B3O6Y3-6. The molecule has 0 aromatic rings. The molecule has 2 saturated heterocycles. The summed E-state index contributed by atoms with van der Waals surface area (Å²) in [5.74, 6) is 3.18. The average Bonchev–Trinajstić information content (AvgIpc) is 3.33. The molecule has 0 aromatic carbocycles. The number of hydrogen-bond acceptors (Lipinski definition) is 6. The van der Waals surface area contributed by atoms with Gasteiger partial charge < -0.3 is 70.2 Å². The Morgan fingerprint density at radius 3 is 1.39 bits per heavy atom. The molecule has 0 bridgehead atoms. The SMILES string of the molecule is C#CC(C[CH2-])C[CH2-].C=C(B(O)O)C(C[CH2-])C[CH2-].C=C(B1OC(C)C(C)(C)O1)C(C[CH2-])C[CH2-].CC1(C)O[B]OC1(C)C.[Y].[Y].[Y]. The summed E-state index contributed by atoms with van der Waals surface area (Å²) < 4.78 is 22.0. The van der Waals surface area contributed by atoms with Gasteiger partial charge in [-0.1, -0.05) is 11.8 Å². The predicted molar refractivity (Wildman–Crippen MR) is 175 cm³/mol.